The van der Waals surface area contributed by atoms with Crippen molar-refractivity contribution in [1.29, 1.82) is 0 Å². The van der Waals surface area contributed by atoms with Gasteiger partial charge in [0.1, 0.15) is 6.61 Å². The van der Waals surface area contributed by atoms with Crippen LogP contribution in [-0.4, -0.2) is 37.9 Å². The zero-order valence-corrected chi connectivity index (χ0v) is 45.6. The number of rotatable bonds is 55. The number of carbonyl (C=O) groups excluding carboxylic acids is 2. The van der Waals surface area contributed by atoms with E-state index in [1.165, 1.54) is 205 Å². The van der Waals surface area contributed by atoms with Gasteiger partial charge < -0.3 is 14.2 Å². The summed E-state index contributed by atoms with van der Waals surface area (Å²) in [6.07, 6.45) is 75.3. The lowest BCUT2D eigenvalue weighted by molar-refractivity contribution is -0.163. The van der Waals surface area contributed by atoms with Crippen LogP contribution in [0, 0.1) is 0 Å². The van der Waals surface area contributed by atoms with Crippen molar-refractivity contribution in [3.63, 3.8) is 0 Å². The van der Waals surface area contributed by atoms with Crippen molar-refractivity contribution in [2.75, 3.05) is 19.8 Å². The molecule has 0 saturated heterocycles. The average molecular weight is 952 g/mol. The molecule has 0 aliphatic rings. The van der Waals surface area contributed by atoms with Crippen molar-refractivity contribution in [1.82, 2.24) is 0 Å². The van der Waals surface area contributed by atoms with Crippen molar-refractivity contribution in [3.8, 4) is 0 Å². The molecule has 1 unspecified atom stereocenters. The van der Waals surface area contributed by atoms with E-state index in [1.54, 1.807) is 0 Å². The summed E-state index contributed by atoms with van der Waals surface area (Å²) in [5, 5.41) is 0. The first kappa shape index (κ1) is 65.6. The van der Waals surface area contributed by atoms with Gasteiger partial charge in [-0.25, -0.2) is 0 Å². The summed E-state index contributed by atoms with van der Waals surface area (Å²) in [7, 11) is 0. The standard InChI is InChI=1S/C63H114O5/c1-4-7-10-13-16-19-22-25-27-29-31-33-35-37-40-43-46-49-52-55-58-66-59-61(68-63(65)57-54-51-48-45-42-38-24-21-18-15-12-9-6-3)60-67-62(64)56-53-50-47-44-41-39-36-34-32-30-28-26-23-20-17-14-11-8-5-2/h12,15-16,19,21,24-28,61H,4-11,13-14,17-18,20,22-23,29-60H2,1-3H3/b15-12-,19-16-,24-21-,27-25-,28-26-. The van der Waals surface area contributed by atoms with Gasteiger partial charge >= 0.3 is 11.9 Å². The molecule has 5 heteroatoms. The van der Waals surface area contributed by atoms with Gasteiger partial charge in [0.15, 0.2) is 6.10 Å². The van der Waals surface area contributed by atoms with Gasteiger partial charge in [-0.1, -0.05) is 248 Å². The number of unbranched alkanes of at least 4 members (excludes halogenated alkanes) is 34. The Morgan fingerprint density at radius 2 is 0.647 bits per heavy atom. The van der Waals surface area contributed by atoms with Crippen molar-refractivity contribution >= 4 is 11.9 Å². The fourth-order valence-corrected chi connectivity index (χ4v) is 8.52. The third-order valence-electron chi connectivity index (χ3n) is 13.0. The molecule has 0 saturated carbocycles. The van der Waals surface area contributed by atoms with Gasteiger partial charge in [0.05, 0.1) is 6.61 Å². The molecule has 5 nitrogen and oxygen atoms in total. The molecular formula is C63H114O5. The minimum absolute atomic E-state index is 0.0783. The van der Waals surface area contributed by atoms with Gasteiger partial charge in [0, 0.05) is 19.4 Å². The molecule has 1 atom stereocenters. The van der Waals surface area contributed by atoms with Crippen LogP contribution in [0.3, 0.4) is 0 Å². The highest BCUT2D eigenvalue weighted by atomic mass is 16.6. The Balaban J connectivity index is 4.23. The van der Waals surface area contributed by atoms with E-state index in [1.807, 2.05) is 0 Å². The molecule has 68 heavy (non-hydrogen) atoms. The first-order chi connectivity index (χ1) is 33.6. The first-order valence-corrected chi connectivity index (χ1v) is 29.8. The SMILES string of the molecule is CCC/C=C\C/C=C\CCCCCCCC(=O)OC(COCCCCCCCCCCCC/C=C\C/C=C\CCCCC)COC(=O)CCCCCCCCCCC/C=C\CCCCCCCC. The molecule has 0 amide bonds. The van der Waals surface area contributed by atoms with Crippen LogP contribution in [0.25, 0.3) is 0 Å². The Morgan fingerprint density at radius 1 is 0.324 bits per heavy atom. The molecule has 0 radical (unpaired) electrons. The van der Waals surface area contributed by atoms with Crippen molar-refractivity contribution < 1.29 is 23.8 Å². The van der Waals surface area contributed by atoms with E-state index in [9.17, 15) is 9.59 Å². The largest absolute Gasteiger partial charge is 0.462 e. The second-order valence-corrected chi connectivity index (χ2v) is 19.9. The molecule has 0 aromatic carbocycles. The predicted octanol–water partition coefficient (Wildman–Crippen LogP) is 20.5. The van der Waals surface area contributed by atoms with Crippen LogP contribution < -0.4 is 0 Å². The topological polar surface area (TPSA) is 61.8 Å². The lowest BCUT2D eigenvalue weighted by Crippen LogP contribution is -2.30. The Morgan fingerprint density at radius 3 is 1.07 bits per heavy atom. The van der Waals surface area contributed by atoms with Crippen LogP contribution >= 0.6 is 0 Å². The van der Waals surface area contributed by atoms with E-state index in [2.05, 4.69) is 81.5 Å². The Labute approximate surface area is 424 Å². The molecule has 0 heterocycles. The van der Waals surface area contributed by atoms with E-state index >= 15 is 0 Å². The van der Waals surface area contributed by atoms with E-state index in [0.717, 1.165) is 64.2 Å². The lowest BCUT2D eigenvalue weighted by atomic mass is 10.1. The fourth-order valence-electron chi connectivity index (χ4n) is 8.52. The highest BCUT2D eigenvalue weighted by Crippen LogP contribution is 2.15. The molecule has 0 bridgehead atoms. The summed E-state index contributed by atoms with van der Waals surface area (Å²) in [6.45, 7) is 7.75. The first-order valence-electron chi connectivity index (χ1n) is 29.8. The zero-order valence-electron chi connectivity index (χ0n) is 45.6. The number of allylic oxidation sites excluding steroid dienone is 10. The van der Waals surface area contributed by atoms with Crippen molar-refractivity contribution in [3.05, 3.63) is 60.8 Å². The third-order valence-corrected chi connectivity index (χ3v) is 13.0. The summed E-state index contributed by atoms with van der Waals surface area (Å²) in [5.74, 6) is -0.406. The Bertz CT molecular complexity index is 1170. The second-order valence-electron chi connectivity index (χ2n) is 19.9. The molecule has 0 N–H and O–H groups in total. The number of hydrogen-bond donors (Lipinski definition) is 0. The molecule has 0 aliphatic carbocycles. The molecule has 0 fully saturated rings. The summed E-state index contributed by atoms with van der Waals surface area (Å²) < 4.78 is 17.5. The Hall–Kier alpha value is -2.40. The monoisotopic (exact) mass is 951 g/mol. The maximum atomic E-state index is 12.8. The summed E-state index contributed by atoms with van der Waals surface area (Å²) >= 11 is 0. The molecular weight excluding hydrogens is 837 g/mol. The number of esters is 2. The van der Waals surface area contributed by atoms with Crippen LogP contribution in [0.15, 0.2) is 60.8 Å². The highest BCUT2D eigenvalue weighted by molar-refractivity contribution is 5.70. The van der Waals surface area contributed by atoms with E-state index in [0.29, 0.717) is 19.4 Å². The highest BCUT2D eigenvalue weighted by Gasteiger charge is 2.17. The number of carbonyl (C=O) groups is 2. The molecule has 0 spiro atoms. The third kappa shape index (κ3) is 56.2. The van der Waals surface area contributed by atoms with Crippen LogP contribution in [0.4, 0.5) is 0 Å². The minimum atomic E-state index is -0.547. The van der Waals surface area contributed by atoms with Gasteiger partial charge in [-0.2, -0.15) is 0 Å². The van der Waals surface area contributed by atoms with Gasteiger partial charge in [-0.3, -0.25) is 9.59 Å². The van der Waals surface area contributed by atoms with Crippen molar-refractivity contribution in [2.24, 2.45) is 0 Å². The summed E-state index contributed by atoms with van der Waals surface area (Å²) in [5.41, 5.74) is 0. The van der Waals surface area contributed by atoms with Crippen LogP contribution in [0.5, 0.6) is 0 Å². The molecule has 0 aromatic heterocycles. The van der Waals surface area contributed by atoms with Crippen molar-refractivity contribution in [2.45, 2.75) is 309 Å². The predicted molar refractivity (Wildman–Crippen MR) is 298 cm³/mol. The Kier molecular flexibility index (Phi) is 56.8. The molecule has 0 aromatic rings. The molecule has 396 valence electrons. The molecule has 0 aliphatic heterocycles. The van der Waals surface area contributed by atoms with Crippen LogP contribution in [-0.2, 0) is 23.8 Å². The van der Waals surface area contributed by atoms with Gasteiger partial charge in [-0.15, -0.1) is 0 Å². The number of hydrogen-bond acceptors (Lipinski definition) is 5. The maximum absolute atomic E-state index is 12.8. The van der Waals surface area contributed by atoms with E-state index in [4.69, 9.17) is 14.2 Å². The number of ether oxygens (including phenoxy) is 3. The zero-order chi connectivity index (χ0) is 49.2. The normalized spacial score (nSPS) is 12.6. The maximum Gasteiger partial charge on any atom is 0.306 e. The van der Waals surface area contributed by atoms with E-state index < -0.39 is 6.10 Å². The van der Waals surface area contributed by atoms with Gasteiger partial charge in [-0.05, 0) is 103 Å². The summed E-state index contributed by atoms with van der Waals surface area (Å²) in [6, 6.07) is 0. The lowest BCUT2D eigenvalue weighted by Gasteiger charge is -2.18. The fraction of sp³-hybridized carbons (Fsp3) is 0.810. The minimum Gasteiger partial charge on any atom is -0.462 e. The summed E-state index contributed by atoms with van der Waals surface area (Å²) in [4.78, 5) is 25.5. The van der Waals surface area contributed by atoms with Gasteiger partial charge in [0.25, 0.3) is 0 Å². The van der Waals surface area contributed by atoms with E-state index in [-0.39, 0.29) is 25.2 Å². The molecule has 0 rings (SSSR count). The average Bonchev–Trinajstić information content (AvgIpc) is 3.34. The van der Waals surface area contributed by atoms with Crippen LogP contribution in [0.1, 0.15) is 303 Å². The van der Waals surface area contributed by atoms with Crippen LogP contribution in [0.2, 0.25) is 0 Å². The van der Waals surface area contributed by atoms with Gasteiger partial charge in [0.2, 0.25) is 0 Å². The smallest absolute Gasteiger partial charge is 0.306 e. The second kappa shape index (κ2) is 58.9. The quantitative estimate of drug-likeness (QED) is 0.0345.